The Morgan fingerprint density at radius 1 is 0.522 bits per heavy atom. The molecular formula is C58H107NO10. The fourth-order valence-corrected chi connectivity index (χ4v) is 8.86. The summed E-state index contributed by atoms with van der Waals surface area (Å²) in [5.74, 6) is -0.215. The fraction of sp³-hybridized carbons (Fsp3) is 0.862. The number of esters is 1. The Bertz CT molecular complexity index is 1240. The zero-order valence-corrected chi connectivity index (χ0v) is 44.3. The van der Waals surface area contributed by atoms with Crippen molar-refractivity contribution in [2.75, 3.05) is 19.8 Å². The van der Waals surface area contributed by atoms with Crippen molar-refractivity contribution in [3.05, 3.63) is 36.5 Å². The number of amides is 1. The van der Waals surface area contributed by atoms with E-state index < -0.39 is 49.5 Å². The van der Waals surface area contributed by atoms with Crippen LogP contribution in [0.2, 0.25) is 0 Å². The first-order valence-electron chi connectivity index (χ1n) is 28.8. The van der Waals surface area contributed by atoms with Crippen molar-refractivity contribution in [3.63, 3.8) is 0 Å². The number of carbonyl (C=O) groups excluding carboxylic acids is 2. The third kappa shape index (κ3) is 38.2. The molecule has 1 aliphatic rings. The van der Waals surface area contributed by atoms with Crippen LogP contribution in [0.5, 0.6) is 0 Å². The minimum Gasteiger partial charge on any atom is -0.466 e. The molecule has 1 heterocycles. The zero-order chi connectivity index (χ0) is 50.3. The maximum Gasteiger partial charge on any atom is 0.305 e. The second-order valence-corrected chi connectivity index (χ2v) is 20.0. The predicted octanol–water partition coefficient (Wildman–Crippen LogP) is 12.7. The van der Waals surface area contributed by atoms with Gasteiger partial charge in [0.2, 0.25) is 5.91 Å². The summed E-state index contributed by atoms with van der Waals surface area (Å²) in [6.07, 6.45) is 48.1. The van der Waals surface area contributed by atoms with Crippen LogP contribution in [-0.2, 0) is 23.8 Å². The van der Waals surface area contributed by atoms with E-state index in [0.29, 0.717) is 19.4 Å². The second-order valence-electron chi connectivity index (χ2n) is 20.0. The number of allylic oxidation sites excluding steroid dienone is 5. The number of aliphatic hydroxyl groups is 5. The topological polar surface area (TPSA) is 175 Å². The van der Waals surface area contributed by atoms with E-state index in [4.69, 9.17) is 14.2 Å². The van der Waals surface area contributed by atoms with E-state index in [1.807, 2.05) is 6.08 Å². The highest BCUT2D eigenvalue weighted by Crippen LogP contribution is 2.23. The molecule has 7 unspecified atom stereocenters. The SMILES string of the molecule is CCCCCCC/C=C/CC/C=C/C(O)C(COC1OC(CO)C(O)C(O)C1O)NC(=O)CCCCCCCCC/C=C\CCCCCCCCCCOC(=O)CCCCCCCCCCCCC. The van der Waals surface area contributed by atoms with Gasteiger partial charge in [-0.05, 0) is 70.6 Å². The summed E-state index contributed by atoms with van der Waals surface area (Å²) in [5.41, 5.74) is 0. The lowest BCUT2D eigenvalue weighted by Crippen LogP contribution is -2.60. The van der Waals surface area contributed by atoms with Gasteiger partial charge in [0.05, 0.1) is 32.0 Å². The average Bonchev–Trinajstić information content (AvgIpc) is 3.34. The number of ether oxygens (including phenoxy) is 3. The van der Waals surface area contributed by atoms with Crippen molar-refractivity contribution < 1.29 is 49.3 Å². The minimum absolute atomic E-state index is 0.0122. The number of hydrogen-bond acceptors (Lipinski definition) is 10. The van der Waals surface area contributed by atoms with Gasteiger partial charge in [-0.3, -0.25) is 9.59 Å². The van der Waals surface area contributed by atoms with Crippen LogP contribution in [0, 0.1) is 0 Å². The molecule has 11 nitrogen and oxygen atoms in total. The predicted molar refractivity (Wildman–Crippen MR) is 283 cm³/mol. The Morgan fingerprint density at radius 2 is 0.942 bits per heavy atom. The van der Waals surface area contributed by atoms with E-state index >= 15 is 0 Å². The first kappa shape index (κ1) is 64.9. The normalized spacial score (nSPS) is 19.6. The Balaban J connectivity index is 2.10. The number of unbranched alkanes of at least 4 members (excludes halogenated alkanes) is 31. The molecule has 1 amide bonds. The summed E-state index contributed by atoms with van der Waals surface area (Å²) in [6, 6.07) is -0.833. The van der Waals surface area contributed by atoms with Crippen LogP contribution in [-0.4, -0.2) is 100 Å². The van der Waals surface area contributed by atoms with Crippen LogP contribution in [0.15, 0.2) is 36.5 Å². The molecule has 1 saturated heterocycles. The molecule has 0 bridgehead atoms. The molecule has 404 valence electrons. The highest BCUT2D eigenvalue weighted by Gasteiger charge is 2.44. The molecule has 0 aromatic carbocycles. The fourth-order valence-electron chi connectivity index (χ4n) is 8.86. The monoisotopic (exact) mass is 978 g/mol. The van der Waals surface area contributed by atoms with E-state index in [2.05, 4.69) is 43.5 Å². The summed E-state index contributed by atoms with van der Waals surface area (Å²) in [7, 11) is 0. The van der Waals surface area contributed by atoms with Crippen molar-refractivity contribution in [1.29, 1.82) is 0 Å². The van der Waals surface area contributed by atoms with E-state index in [-0.39, 0.29) is 18.5 Å². The molecule has 0 aromatic rings. The van der Waals surface area contributed by atoms with Gasteiger partial charge >= 0.3 is 5.97 Å². The summed E-state index contributed by atoms with van der Waals surface area (Å²) < 4.78 is 16.7. The Labute approximate surface area is 422 Å². The zero-order valence-electron chi connectivity index (χ0n) is 44.3. The Morgan fingerprint density at radius 3 is 1.43 bits per heavy atom. The largest absolute Gasteiger partial charge is 0.466 e. The van der Waals surface area contributed by atoms with Crippen LogP contribution in [0.25, 0.3) is 0 Å². The number of rotatable bonds is 49. The molecule has 6 N–H and O–H groups in total. The second kappa shape index (κ2) is 48.2. The highest BCUT2D eigenvalue weighted by molar-refractivity contribution is 5.76. The molecule has 0 aliphatic carbocycles. The lowest BCUT2D eigenvalue weighted by atomic mass is 9.99. The first-order chi connectivity index (χ1) is 33.7. The average molecular weight is 978 g/mol. The molecule has 1 rings (SSSR count). The van der Waals surface area contributed by atoms with Crippen molar-refractivity contribution in [1.82, 2.24) is 5.32 Å². The van der Waals surface area contributed by atoms with Crippen LogP contribution >= 0.6 is 0 Å². The molecule has 1 aliphatic heterocycles. The van der Waals surface area contributed by atoms with Crippen LogP contribution in [0.1, 0.15) is 258 Å². The van der Waals surface area contributed by atoms with E-state index in [0.717, 1.165) is 83.5 Å². The highest BCUT2D eigenvalue weighted by atomic mass is 16.7. The van der Waals surface area contributed by atoms with Gasteiger partial charge < -0.3 is 45.1 Å². The third-order valence-corrected chi connectivity index (χ3v) is 13.5. The maximum atomic E-state index is 13.0. The summed E-state index contributed by atoms with van der Waals surface area (Å²) in [6.45, 7) is 4.28. The van der Waals surface area contributed by atoms with Crippen molar-refractivity contribution in [2.24, 2.45) is 0 Å². The van der Waals surface area contributed by atoms with E-state index in [9.17, 15) is 35.1 Å². The van der Waals surface area contributed by atoms with Crippen LogP contribution in [0.4, 0.5) is 0 Å². The van der Waals surface area contributed by atoms with E-state index in [1.54, 1.807) is 6.08 Å². The quantitative estimate of drug-likeness (QED) is 0.0196. The standard InChI is InChI=1S/C58H107NO10/c1-3-5-7-9-11-13-24-28-32-36-40-44-51(61)50(49-68-58-57(66)56(65)55(64)52(48-60)69-58)59-53(62)45-41-37-33-29-26-22-20-18-16-15-17-19-21-23-27-31-35-39-43-47-67-54(63)46-42-38-34-30-25-14-12-10-8-6-4-2/h15-16,24,28,40,44,50-52,55-58,60-61,64-66H,3-14,17-23,25-27,29-39,41-43,45-49H2,1-2H3,(H,59,62)/b16-15-,28-24+,44-40+. The van der Waals surface area contributed by atoms with Gasteiger partial charge in [-0.25, -0.2) is 0 Å². The molecule has 0 spiro atoms. The molecule has 1 fully saturated rings. The molecule has 7 atom stereocenters. The van der Waals surface area contributed by atoms with Gasteiger partial charge in [0, 0.05) is 12.8 Å². The third-order valence-electron chi connectivity index (χ3n) is 13.5. The van der Waals surface area contributed by atoms with Crippen LogP contribution in [0.3, 0.4) is 0 Å². The number of aliphatic hydroxyl groups excluding tert-OH is 5. The molecule has 0 aromatic heterocycles. The molecular weight excluding hydrogens is 871 g/mol. The maximum absolute atomic E-state index is 13.0. The molecule has 69 heavy (non-hydrogen) atoms. The van der Waals surface area contributed by atoms with Crippen molar-refractivity contribution in [2.45, 2.75) is 301 Å². The lowest BCUT2D eigenvalue weighted by Gasteiger charge is -2.40. The summed E-state index contributed by atoms with van der Waals surface area (Å²) in [4.78, 5) is 25.0. The lowest BCUT2D eigenvalue weighted by molar-refractivity contribution is -0.302. The number of carbonyl (C=O) groups is 2. The van der Waals surface area contributed by atoms with Crippen molar-refractivity contribution in [3.8, 4) is 0 Å². The smallest absolute Gasteiger partial charge is 0.305 e. The Kier molecular flexibility index (Phi) is 45.3. The number of nitrogens with one attached hydrogen (secondary N) is 1. The molecule has 11 heteroatoms. The van der Waals surface area contributed by atoms with Gasteiger partial charge in [0.15, 0.2) is 6.29 Å². The molecule has 0 radical (unpaired) electrons. The van der Waals surface area contributed by atoms with Gasteiger partial charge in [0.1, 0.15) is 24.4 Å². The molecule has 0 saturated carbocycles. The summed E-state index contributed by atoms with van der Waals surface area (Å²) in [5, 5.41) is 54.2. The van der Waals surface area contributed by atoms with Crippen molar-refractivity contribution >= 4 is 11.9 Å². The van der Waals surface area contributed by atoms with Gasteiger partial charge in [-0.15, -0.1) is 0 Å². The van der Waals surface area contributed by atoms with E-state index in [1.165, 1.54) is 148 Å². The van der Waals surface area contributed by atoms with Gasteiger partial charge in [-0.2, -0.15) is 0 Å². The summed E-state index contributed by atoms with van der Waals surface area (Å²) >= 11 is 0. The van der Waals surface area contributed by atoms with Gasteiger partial charge in [-0.1, -0.05) is 211 Å². The first-order valence-corrected chi connectivity index (χ1v) is 28.8. The van der Waals surface area contributed by atoms with Gasteiger partial charge in [0.25, 0.3) is 0 Å². The Hall–Kier alpha value is -2.12. The minimum atomic E-state index is -1.58. The van der Waals surface area contributed by atoms with Crippen LogP contribution < -0.4 is 5.32 Å². The number of hydrogen-bond donors (Lipinski definition) is 6.